The van der Waals surface area contributed by atoms with E-state index in [1.807, 2.05) is 0 Å². The zero-order chi connectivity index (χ0) is 15.3. The van der Waals surface area contributed by atoms with Gasteiger partial charge in [-0.1, -0.05) is 13.3 Å². The molecular weight excluding hydrogens is 306 g/mol. The van der Waals surface area contributed by atoms with Crippen molar-refractivity contribution in [3.8, 4) is 0 Å². The first kappa shape index (κ1) is 17.5. The van der Waals surface area contributed by atoms with Gasteiger partial charge in [0.2, 0.25) is 0 Å². The van der Waals surface area contributed by atoms with E-state index in [2.05, 4.69) is 23.2 Å². The Balaban J connectivity index is 1.78. The molecule has 1 saturated carbocycles. The Morgan fingerprint density at radius 3 is 2.43 bits per heavy atom. The van der Waals surface area contributed by atoms with Crippen LogP contribution in [0.25, 0.3) is 0 Å². The molecule has 1 aliphatic heterocycles. The summed E-state index contributed by atoms with van der Waals surface area (Å²) in [7, 11) is -3.30. The third-order valence-electron chi connectivity index (χ3n) is 4.87. The van der Waals surface area contributed by atoms with Gasteiger partial charge in [0.25, 0.3) is 10.2 Å². The fourth-order valence-corrected chi connectivity index (χ4v) is 5.38. The molecule has 0 aromatic heterocycles. The topological polar surface area (TPSA) is 61.4 Å². The molecule has 5 nitrogen and oxygen atoms in total. The van der Waals surface area contributed by atoms with Crippen molar-refractivity contribution in [2.45, 2.75) is 43.8 Å². The summed E-state index contributed by atoms with van der Waals surface area (Å²) >= 11 is 1.80. The molecule has 7 heteroatoms. The number of nitrogens with one attached hydrogen (secondary N) is 2. The van der Waals surface area contributed by atoms with Crippen molar-refractivity contribution in [1.29, 1.82) is 0 Å². The molecule has 0 bridgehead atoms. The maximum Gasteiger partial charge on any atom is 0.279 e. The molecule has 1 aliphatic carbocycles. The summed E-state index contributed by atoms with van der Waals surface area (Å²) in [6, 6.07) is 0. The van der Waals surface area contributed by atoms with E-state index >= 15 is 0 Å². The first-order valence-electron chi connectivity index (χ1n) is 8.02. The van der Waals surface area contributed by atoms with E-state index in [4.69, 9.17) is 0 Å². The molecule has 2 fully saturated rings. The lowest BCUT2D eigenvalue weighted by molar-refractivity contribution is 0.264. The van der Waals surface area contributed by atoms with Crippen LogP contribution in [0.5, 0.6) is 0 Å². The molecule has 0 amide bonds. The van der Waals surface area contributed by atoms with Crippen molar-refractivity contribution >= 4 is 22.0 Å². The van der Waals surface area contributed by atoms with Gasteiger partial charge in [0, 0.05) is 24.4 Å². The molecule has 0 radical (unpaired) electrons. The van der Waals surface area contributed by atoms with Gasteiger partial charge in [-0.15, -0.1) is 0 Å². The first-order chi connectivity index (χ1) is 10.0. The van der Waals surface area contributed by atoms with Gasteiger partial charge in [0.1, 0.15) is 0 Å². The van der Waals surface area contributed by atoms with Gasteiger partial charge in [-0.2, -0.15) is 24.5 Å². The number of nitrogens with zero attached hydrogens (tertiary/aromatic N) is 1. The van der Waals surface area contributed by atoms with Gasteiger partial charge >= 0.3 is 0 Å². The van der Waals surface area contributed by atoms with Crippen LogP contribution in [0.4, 0.5) is 0 Å². The van der Waals surface area contributed by atoms with Crippen molar-refractivity contribution in [2.24, 2.45) is 5.92 Å². The Bertz CT molecular complexity index is 410. The van der Waals surface area contributed by atoms with E-state index in [1.165, 1.54) is 6.42 Å². The highest BCUT2D eigenvalue weighted by Gasteiger charge is 2.38. The highest BCUT2D eigenvalue weighted by atomic mass is 32.2. The highest BCUT2D eigenvalue weighted by Crippen LogP contribution is 2.42. The molecule has 0 spiro atoms. The van der Waals surface area contributed by atoms with E-state index in [-0.39, 0.29) is 4.75 Å². The average molecular weight is 336 g/mol. The zero-order valence-electron chi connectivity index (χ0n) is 13.2. The smallest absolute Gasteiger partial charge is 0.279 e. The fraction of sp³-hybridized carbons (Fsp3) is 1.00. The molecule has 21 heavy (non-hydrogen) atoms. The Kier molecular flexibility index (Phi) is 6.38. The lowest BCUT2D eigenvalue weighted by atomic mass is 9.84. The van der Waals surface area contributed by atoms with Gasteiger partial charge in [0.05, 0.1) is 0 Å². The first-order valence-corrected chi connectivity index (χ1v) is 10.7. The normalized spacial score (nSPS) is 23.9. The molecular formula is C14H29N3O2S2. The average Bonchev–Trinajstić information content (AvgIpc) is 2.45. The van der Waals surface area contributed by atoms with Crippen molar-refractivity contribution < 1.29 is 8.42 Å². The fourth-order valence-electron chi connectivity index (χ4n) is 3.04. The minimum atomic E-state index is -3.30. The van der Waals surface area contributed by atoms with Crippen LogP contribution in [0.3, 0.4) is 0 Å². The van der Waals surface area contributed by atoms with Gasteiger partial charge in [-0.3, -0.25) is 0 Å². The van der Waals surface area contributed by atoms with Crippen LogP contribution < -0.4 is 10.0 Å². The summed E-state index contributed by atoms with van der Waals surface area (Å²) in [5, 5.41) is 3.35. The van der Waals surface area contributed by atoms with Crippen LogP contribution in [0.1, 0.15) is 39.0 Å². The Morgan fingerprint density at radius 1 is 1.29 bits per heavy atom. The Labute approximate surface area is 133 Å². The molecule has 2 N–H and O–H groups in total. The van der Waals surface area contributed by atoms with E-state index < -0.39 is 10.2 Å². The van der Waals surface area contributed by atoms with E-state index in [0.29, 0.717) is 25.6 Å². The van der Waals surface area contributed by atoms with Gasteiger partial charge in [-0.25, -0.2) is 4.72 Å². The van der Waals surface area contributed by atoms with Crippen molar-refractivity contribution in [3.05, 3.63) is 0 Å². The van der Waals surface area contributed by atoms with Crippen LogP contribution in [-0.2, 0) is 10.2 Å². The second kappa shape index (κ2) is 7.64. The SMILES string of the molecule is CCNCC1CCN(S(=O)(=O)NCC2(SC)CCC2)CC1. The zero-order valence-corrected chi connectivity index (χ0v) is 14.9. The molecule has 124 valence electrons. The van der Waals surface area contributed by atoms with Crippen LogP contribution in [0.15, 0.2) is 0 Å². The molecule has 2 aliphatic rings. The number of thioether (sulfide) groups is 1. The minimum Gasteiger partial charge on any atom is -0.317 e. The summed E-state index contributed by atoms with van der Waals surface area (Å²) in [6.45, 7) is 5.97. The lowest BCUT2D eigenvalue weighted by Gasteiger charge is -2.41. The number of rotatable bonds is 8. The summed E-state index contributed by atoms with van der Waals surface area (Å²) in [5.41, 5.74) is 0. The van der Waals surface area contributed by atoms with Crippen molar-refractivity contribution in [3.63, 3.8) is 0 Å². The van der Waals surface area contributed by atoms with Crippen molar-refractivity contribution in [2.75, 3.05) is 39.0 Å². The molecule has 0 aromatic carbocycles. The van der Waals surface area contributed by atoms with Crippen LogP contribution in [-0.4, -0.2) is 56.4 Å². The molecule has 2 rings (SSSR count). The summed E-state index contributed by atoms with van der Waals surface area (Å²) in [4.78, 5) is 0. The van der Waals surface area contributed by atoms with Gasteiger partial charge < -0.3 is 5.32 Å². The quantitative estimate of drug-likeness (QED) is 0.704. The van der Waals surface area contributed by atoms with E-state index in [0.717, 1.165) is 38.8 Å². The molecule has 0 unspecified atom stereocenters. The standard InChI is InChI=1S/C14H29N3O2S2/c1-3-15-11-13-5-9-17(10-6-13)21(18,19)16-12-14(20-2)7-4-8-14/h13,15-16H,3-12H2,1-2H3. The van der Waals surface area contributed by atoms with E-state index in [1.54, 1.807) is 16.1 Å². The third-order valence-corrected chi connectivity index (χ3v) is 7.84. The maximum atomic E-state index is 12.4. The largest absolute Gasteiger partial charge is 0.317 e. The van der Waals surface area contributed by atoms with Gasteiger partial charge in [0.15, 0.2) is 0 Å². The van der Waals surface area contributed by atoms with Crippen LogP contribution in [0.2, 0.25) is 0 Å². The van der Waals surface area contributed by atoms with E-state index in [9.17, 15) is 8.42 Å². The minimum absolute atomic E-state index is 0.149. The molecule has 0 atom stereocenters. The lowest BCUT2D eigenvalue weighted by Crippen LogP contribution is -2.51. The predicted octanol–water partition coefficient (Wildman–Crippen LogP) is 1.43. The second-order valence-corrected chi connectivity index (χ2v) is 9.25. The van der Waals surface area contributed by atoms with Crippen LogP contribution >= 0.6 is 11.8 Å². The molecule has 1 saturated heterocycles. The summed E-state index contributed by atoms with van der Waals surface area (Å²) in [6.07, 6.45) is 7.48. The Hall–Kier alpha value is 0.180. The summed E-state index contributed by atoms with van der Waals surface area (Å²) < 4.78 is 29.4. The summed E-state index contributed by atoms with van der Waals surface area (Å²) in [5.74, 6) is 0.612. The maximum absolute atomic E-state index is 12.4. The van der Waals surface area contributed by atoms with Crippen molar-refractivity contribution in [1.82, 2.24) is 14.3 Å². The van der Waals surface area contributed by atoms with Crippen LogP contribution in [0, 0.1) is 5.92 Å². The number of piperidine rings is 1. The Morgan fingerprint density at radius 2 is 1.95 bits per heavy atom. The third kappa shape index (κ3) is 4.58. The number of hydrogen-bond donors (Lipinski definition) is 2. The monoisotopic (exact) mass is 335 g/mol. The highest BCUT2D eigenvalue weighted by molar-refractivity contribution is 8.00. The molecule has 1 heterocycles. The number of hydrogen-bond acceptors (Lipinski definition) is 4. The van der Waals surface area contributed by atoms with Gasteiger partial charge in [-0.05, 0) is 50.9 Å². The second-order valence-electron chi connectivity index (χ2n) is 6.22. The molecule has 0 aromatic rings. The predicted molar refractivity (Wildman–Crippen MR) is 89.9 cm³/mol.